The third-order valence-corrected chi connectivity index (χ3v) is 1.97. The lowest BCUT2D eigenvalue weighted by Gasteiger charge is -2.18. The van der Waals surface area contributed by atoms with Gasteiger partial charge in [-0.25, -0.2) is 4.79 Å². The SMILES string of the molecule is CCOC(=O)NC(=O)CN(CC)CCC(=O)O. The highest BCUT2D eigenvalue weighted by molar-refractivity contribution is 5.92. The molecule has 0 aromatic rings. The van der Waals surface area contributed by atoms with Gasteiger partial charge in [-0.1, -0.05) is 6.92 Å². The number of amides is 2. The predicted molar refractivity (Wildman–Crippen MR) is 59.5 cm³/mol. The first-order valence-corrected chi connectivity index (χ1v) is 5.40. The molecule has 2 N–H and O–H groups in total. The minimum atomic E-state index is -0.922. The average Bonchev–Trinajstić information content (AvgIpc) is 2.24. The van der Waals surface area contributed by atoms with Crippen molar-refractivity contribution < 1.29 is 24.2 Å². The first kappa shape index (κ1) is 15.4. The van der Waals surface area contributed by atoms with Gasteiger partial charge >= 0.3 is 12.1 Å². The van der Waals surface area contributed by atoms with E-state index >= 15 is 0 Å². The standard InChI is InChI=1S/C10H18N2O5/c1-3-12(6-5-9(14)15)7-8(13)11-10(16)17-4-2/h3-7H2,1-2H3,(H,14,15)(H,11,13,16). The number of rotatable bonds is 7. The molecule has 0 aromatic heterocycles. The lowest BCUT2D eigenvalue weighted by Crippen LogP contribution is -2.40. The van der Waals surface area contributed by atoms with E-state index in [1.807, 2.05) is 5.32 Å². The summed E-state index contributed by atoms with van der Waals surface area (Å²) in [7, 11) is 0. The Morgan fingerprint density at radius 1 is 1.29 bits per heavy atom. The molecule has 17 heavy (non-hydrogen) atoms. The van der Waals surface area contributed by atoms with Crippen LogP contribution < -0.4 is 5.32 Å². The normalized spacial score (nSPS) is 10.1. The summed E-state index contributed by atoms with van der Waals surface area (Å²) in [6, 6.07) is 0. The fourth-order valence-electron chi connectivity index (χ4n) is 1.13. The Morgan fingerprint density at radius 2 is 1.94 bits per heavy atom. The third kappa shape index (κ3) is 8.21. The molecule has 98 valence electrons. The van der Waals surface area contributed by atoms with Crippen molar-refractivity contribution in [2.24, 2.45) is 0 Å². The van der Waals surface area contributed by atoms with E-state index in [2.05, 4.69) is 4.74 Å². The van der Waals surface area contributed by atoms with Crippen LogP contribution in [0.1, 0.15) is 20.3 Å². The van der Waals surface area contributed by atoms with E-state index in [1.54, 1.807) is 18.7 Å². The van der Waals surface area contributed by atoms with Crippen LogP contribution in [0.3, 0.4) is 0 Å². The zero-order valence-electron chi connectivity index (χ0n) is 10.1. The number of carbonyl (C=O) groups excluding carboxylic acids is 2. The highest BCUT2D eigenvalue weighted by atomic mass is 16.5. The van der Waals surface area contributed by atoms with Crippen LogP contribution in [0.15, 0.2) is 0 Å². The maximum Gasteiger partial charge on any atom is 0.413 e. The molecule has 0 unspecified atom stereocenters. The van der Waals surface area contributed by atoms with Crippen LogP contribution in [0.4, 0.5) is 4.79 Å². The van der Waals surface area contributed by atoms with Crippen molar-refractivity contribution in [1.29, 1.82) is 0 Å². The molecule has 0 bridgehead atoms. The van der Waals surface area contributed by atoms with Crippen molar-refractivity contribution in [3.05, 3.63) is 0 Å². The second-order valence-electron chi connectivity index (χ2n) is 3.28. The fraction of sp³-hybridized carbons (Fsp3) is 0.700. The van der Waals surface area contributed by atoms with E-state index in [1.165, 1.54) is 0 Å². The highest BCUT2D eigenvalue weighted by Gasteiger charge is 2.13. The van der Waals surface area contributed by atoms with Gasteiger partial charge < -0.3 is 9.84 Å². The molecule has 0 aliphatic carbocycles. The van der Waals surface area contributed by atoms with E-state index in [4.69, 9.17) is 5.11 Å². The van der Waals surface area contributed by atoms with E-state index in [0.717, 1.165) is 0 Å². The Bertz CT molecular complexity index is 280. The summed E-state index contributed by atoms with van der Waals surface area (Å²) >= 11 is 0. The lowest BCUT2D eigenvalue weighted by atomic mass is 10.3. The van der Waals surface area contributed by atoms with Crippen molar-refractivity contribution in [3.8, 4) is 0 Å². The third-order valence-electron chi connectivity index (χ3n) is 1.97. The Labute approximate surface area is 99.7 Å². The van der Waals surface area contributed by atoms with Gasteiger partial charge in [-0.3, -0.25) is 19.8 Å². The Kier molecular flexibility index (Phi) is 7.70. The zero-order chi connectivity index (χ0) is 13.3. The number of carboxylic acids is 1. The molecule has 7 nitrogen and oxygen atoms in total. The van der Waals surface area contributed by atoms with Crippen molar-refractivity contribution in [2.45, 2.75) is 20.3 Å². The number of nitrogens with zero attached hydrogens (tertiary/aromatic N) is 1. The number of carbonyl (C=O) groups is 3. The molecule has 0 spiro atoms. The van der Waals surface area contributed by atoms with Gasteiger partial charge in [-0.2, -0.15) is 0 Å². The Morgan fingerprint density at radius 3 is 2.41 bits per heavy atom. The number of alkyl carbamates (subject to hydrolysis) is 1. The quantitative estimate of drug-likeness (QED) is 0.659. The van der Waals surface area contributed by atoms with Crippen LogP contribution in [0, 0.1) is 0 Å². The molecule has 0 saturated heterocycles. The van der Waals surface area contributed by atoms with Crippen molar-refractivity contribution in [3.63, 3.8) is 0 Å². The average molecular weight is 246 g/mol. The summed E-state index contributed by atoms with van der Waals surface area (Å²) in [5.41, 5.74) is 0. The van der Waals surface area contributed by atoms with Gasteiger partial charge in [0, 0.05) is 6.54 Å². The molecule has 0 aliphatic heterocycles. The number of hydrogen-bond acceptors (Lipinski definition) is 5. The molecule has 0 atom stereocenters. The Balaban J connectivity index is 3.97. The Hall–Kier alpha value is -1.63. The van der Waals surface area contributed by atoms with Crippen LogP contribution in [0.2, 0.25) is 0 Å². The molecule has 0 heterocycles. The van der Waals surface area contributed by atoms with E-state index < -0.39 is 18.0 Å². The minimum absolute atomic E-state index is 0.0252. The summed E-state index contributed by atoms with van der Waals surface area (Å²) in [6.07, 6.45) is -0.827. The number of carboxylic acid groups (broad SMARTS) is 1. The van der Waals surface area contributed by atoms with Gasteiger partial charge in [-0.15, -0.1) is 0 Å². The van der Waals surface area contributed by atoms with Crippen molar-refractivity contribution in [1.82, 2.24) is 10.2 Å². The van der Waals surface area contributed by atoms with E-state index in [-0.39, 0.29) is 26.1 Å². The summed E-state index contributed by atoms with van der Waals surface area (Å²) in [5.74, 6) is -1.43. The zero-order valence-corrected chi connectivity index (χ0v) is 10.1. The van der Waals surface area contributed by atoms with E-state index in [9.17, 15) is 14.4 Å². The predicted octanol–water partition coefficient (Wildman–Crippen LogP) is 0.0557. The molecule has 0 saturated carbocycles. The van der Waals surface area contributed by atoms with Gasteiger partial charge in [0.1, 0.15) is 0 Å². The van der Waals surface area contributed by atoms with Crippen molar-refractivity contribution >= 4 is 18.0 Å². The van der Waals surface area contributed by atoms with Crippen LogP contribution in [-0.2, 0) is 14.3 Å². The molecular weight excluding hydrogens is 228 g/mol. The van der Waals surface area contributed by atoms with Crippen LogP contribution in [0.5, 0.6) is 0 Å². The topological polar surface area (TPSA) is 95.9 Å². The molecule has 0 aliphatic rings. The molecule has 0 fully saturated rings. The fourth-order valence-corrected chi connectivity index (χ4v) is 1.13. The molecule has 7 heteroatoms. The molecule has 0 radical (unpaired) electrons. The summed E-state index contributed by atoms with van der Waals surface area (Å²) in [4.78, 5) is 34.3. The first-order chi connectivity index (χ1) is 7.99. The van der Waals surface area contributed by atoms with Crippen molar-refractivity contribution in [2.75, 3.05) is 26.2 Å². The molecule has 0 rings (SSSR count). The smallest absolute Gasteiger partial charge is 0.413 e. The van der Waals surface area contributed by atoms with Crippen LogP contribution >= 0.6 is 0 Å². The van der Waals surface area contributed by atoms with Gasteiger partial charge in [0.2, 0.25) is 5.91 Å². The lowest BCUT2D eigenvalue weighted by molar-refractivity contribution is -0.137. The van der Waals surface area contributed by atoms with Gasteiger partial charge in [0.05, 0.1) is 19.6 Å². The monoisotopic (exact) mass is 246 g/mol. The minimum Gasteiger partial charge on any atom is -0.481 e. The number of ether oxygens (including phenoxy) is 1. The molecule has 0 aromatic carbocycles. The number of nitrogens with one attached hydrogen (secondary N) is 1. The highest BCUT2D eigenvalue weighted by Crippen LogP contribution is 1.91. The number of hydrogen-bond donors (Lipinski definition) is 2. The van der Waals surface area contributed by atoms with Gasteiger partial charge in [0.25, 0.3) is 0 Å². The summed E-state index contributed by atoms with van der Waals surface area (Å²) in [6.45, 7) is 4.40. The maximum atomic E-state index is 11.3. The van der Waals surface area contributed by atoms with Gasteiger partial charge in [0.15, 0.2) is 0 Å². The van der Waals surface area contributed by atoms with Crippen LogP contribution in [0.25, 0.3) is 0 Å². The van der Waals surface area contributed by atoms with E-state index in [0.29, 0.717) is 6.54 Å². The number of imide groups is 1. The second kappa shape index (κ2) is 8.51. The summed E-state index contributed by atoms with van der Waals surface area (Å²) < 4.78 is 4.54. The number of likely N-dealkylation sites (N-methyl/N-ethyl adjacent to an activating group) is 1. The molecular formula is C10H18N2O5. The largest absolute Gasteiger partial charge is 0.481 e. The van der Waals surface area contributed by atoms with Gasteiger partial charge in [-0.05, 0) is 13.5 Å². The van der Waals surface area contributed by atoms with Crippen LogP contribution in [-0.4, -0.2) is 54.2 Å². The summed E-state index contributed by atoms with van der Waals surface area (Å²) in [5, 5.41) is 10.6. The first-order valence-electron chi connectivity index (χ1n) is 5.40. The number of aliphatic carboxylic acids is 1. The maximum absolute atomic E-state index is 11.3. The second-order valence-corrected chi connectivity index (χ2v) is 3.28. The molecule has 2 amide bonds.